The second-order valence-electron chi connectivity index (χ2n) is 4.44. The van der Waals surface area contributed by atoms with Gasteiger partial charge in [0.05, 0.1) is 0 Å². The quantitative estimate of drug-likeness (QED) is 0.261. The van der Waals surface area contributed by atoms with Crippen LogP contribution in [-0.4, -0.2) is 23.6 Å². The fourth-order valence-electron chi connectivity index (χ4n) is 1.93. The molecule has 1 saturated carbocycles. The molecule has 4 heteroatoms. The zero-order valence-corrected chi connectivity index (χ0v) is 9.58. The lowest BCUT2D eigenvalue weighted by Gasteiger charge is -2.26. The highest BCUT2D eigenvalue weighted by Crippen LogP contribution is 2.28. The van der Waals surface area contributed by atoms with E-state index in [1.54, 1.807) is 0 Å². The minimum absolute atomic E-state index is 0.318. The summed E-state index contributed by atoms with van der Waals surface area (Å²) in [5, 5.41) is 14.9. The van der Waals surface area contributed by atoms with E-state index in [0.717, 1.165) is 18.9 Å². The Balaban J connectivity index is 2.09. The molecule has 0 aliphatic heterocycles. The van der Waals surface area contributed by atoms with Gasteiger partial charge in [-0.1, -0.05) is 31.3 Å². The van der Waals surface area contributed by atoms with E-state index in [4.69, 9.17) is 10.9 Å². The van der Waals surface area contributed by atoms with E-state index in [9.17, 15) is 0 Å². The summed E-state index contributed by atoms with van der Waals surface area (Å²) in [5.74, 6) is 1.26. The Labute approximate surface area is 91.9 Å². The van der Waals surface area contributed by atoms with Crippen molar-refractivity contribution in [2.75, 3.05) is 6.54 Å². The van der Waals surface area contributed by atoms with Crippen LogP contribution in [0.5, 0.6) is 0 Å². The summed E-state index contributed by atoms with van der Waals surface area (Å²) in [5.41, 5.74) is 5.48. The number of hydrogen-bond donors (Lipinski definition) is 3. The molecule has 1 fully saturated rings. The number of nitrogens with zero attached hydrogens (tertiary/aromatic N) is 1. The van der Waals surface area contributed by atoms with Gasteiger partial charge in [0, 0.05) is 12.5 Å². The molecule has 0 saturated heterocycles. The summed E-state index contributed by atoms with van der Waals surface area (Å²) < 4.78 is 0. The molecule has 1 aliphatic rings. The maximum absolute atomic E-state index is 8.48. The third kappa shape index (κ3) is 4.51. The topological polar surface area (TPSA) is 70.6 Å². The smallest absolute Gasteiger partial charge is 0.140 e. The Kier molecular flexibility index (Phi) is 5.47. The Morgan fingerprint density at radius 3 is 2.80 bits per heavy atom. The van der Waals surface area contributed by atoms with Crippen LogP contribution in [0, 0.1) is 5.92 Å². The van der Waals surface area contributed by atoms with Gasteiger partial charge >= 0.3 is 0 Å². The lowest BCUT2D eigenvalue weighted by atomic mass is 9.83. The lowest BCUT2D eigenvalue weighted by molar-refractivity contribution is 0.286. The Morgan fingerprint density at radius 1 is 1.60 bits per heavy atom. The zero-order valence-electron chi connectivity index (χ0n) is 9.58. The molecule has 0 aromatic carbocycles. The van der Waals surface area contributed by atoms with E-state index in [-0.39, 0.29) is 0 Å². The van der Waals surface area contributed by atoms with E-state index in [1.165, 1.54) is 25.7 Å². The van der Waals surface area contributed by atoms with Crippen LogP contribution in [0.1, 0.15) is 45.4 Å². The first-order chi connectivity index (χ1) is 7.26. The molecule has 0 aromatic heterocycles. The molecule has 1 atom stereocenters. The maximum Gasteiger partial charge on any atom is 0.140 e. The minimum Gasteiger partial charge on any atom is -0.409 e. The van der Waals surface area contributed by atoms with Crippen molar-refractivity contribution in [1.29, 1.82) is 0 Å². The van der Waals surface area contributed by atoms with Gasteiger partial charge in [-0.25, -0.2) is 0 Å². The minimum atomic E-state index is 0.318. The van der Waals surface area contributed by atoms with Gasteiger partial charge in [0.15, 0.2) is 0 Å². The van der Waals surface area contributed by atoms with E-state index in [2.05, 4.69) is 17.4 Å². The molecule has 0 radical (unpaired) electrons. The summed E-state index contributed by atoms with van der Waals surface area (Å²) in [6.07, 6.45) is 7.13. The van der Waals surface area contributed by atoms with Crippen molar-refractivity contribution >= 4 is 5.84 Å². The molecule has 0 bridgehead atoms. The van der Waals surface area contributed by atoms with Crippen LogP contribution in [0.25, 0.3) is 0 Å². The summed E-state index contributed by atoms with van der Waals surface area (Å²) >= 11 is 0. The van der Waals surface area contributed by atoms with Crippen molar-refractivity contribution < 1.29 is 5.21 Å². The largest absolute Gasteiger partial charge is 0.409 e. The third-order valence-electron chi connectivity index (χ3n) is 3.29. The molecule has 88 valence electrons. The van der Waals surface area contributed by atoms with Gasteiger partial charge < -0.3 is 16.3 Å². The van der Waals surface area contributed by atoms with Gasteiger partial charge in [0.2, 0.25) is 0 Å². The number of hydrogen-bond acceptors (Lipinski definition) is 3. The molecule has 0 aromatic rings. The zero-order chi connectivity index (χ0) is 11.1. The molecular formula is C11H23N3O. The molecule has 0 spiro atoms. The number of nitrogens with two attached hydrogens (primary N) is 1. The molecule has 0 amide bonds. The van der Waals surface area contributed by atoms with Crippen molar-refractivity contribution in [3.05, 3.63) is 0 Å². The summed E-state index contributed by atoms with van der Waals surface area (Å²) in [6, 6.07) is 0.348. The van der Waals surface area contributed by atoms with E-state index < -0.39 is 0 Å². The molecule has 1 rings (SSSR count). The van der Waals surface area contributed by atoms with Gasteiger partial charge in [0.25, 0.3) is 0 Å². The highest BCUT2D eigenvalue weighted by Gasteiger charge is 2.17. The highest BCUT2D eigenvalue weighted by atomic mass is 16.4. The van der Waals surface area contributed by atoms with Crippen molar-refractivity contribution in [3.8, 4) is 0 Å². The molecular weight excluding hydrogens is 190 g/mol. The average molecular weight is 213 g/mol. The van der Waals surface area contributed by atoms with E-state index in [0.29, 0.717) is 18.3 Å². The van der Waals surface area contributed by atoms with Crippen molar-refractivity contribution in [2.45, 2.75) is 51.5 Å². The van der Waals surface area contributed by atoms with Crippen LogP contribution in [0.4, 0.5) is 0 Å². The molecule has 0 heterocycles. The van der Waals surface area contributed by atoms with Crippen molar-refractivity contribution in [2.24, 2.45) is 16.8 Å². The Hall–Kier alpha value is -0.770. The summed E-state index contributed by atoms with van der Waals surface area (Å²) in [6.45, 7) is 3.17. The monoisotopic (exact) mass is 213 g/mol. The van der Waals surface area contributed by atoms with Crippen LogP contribution in [0.3, 0.4) is 0 Å². The van der Waals surface area contributed by atoms with Gasteiger partial charge in [-0.05, 0) is 25.3 Å². The van der Waals surface area contributed by atoms with Crippen molar-refractivity contribution in [1.82, 2.24) is 5.32 Å². The molecule has 4 nitrogen and oxygen atoms in total. The number of amidine groups is 1. The average Bonchev–Trinajstić information content (AvgIpc) is 2.19. The molecule has 15 heavy (non-hydrogen) atoms. The normalized spacial score (nSPS) is 19.9. The van der Waals surface area contributed by atoms with Crippen LogP contribution in [0.15, 0.2) is 5.16 Å². The lowest BCUT2D eigenvalue weighted by Crippen LogP contribution is -2.34. The first-order valence-corrected chi connectivity index (χ1v) is 5.96. The fourth-order valence-corrected chi connectivity index (χ4v) is 1.93. The number of rotatable bonds is 7. The Bertz CT molecular complexity index is 202. The van der Waals surface area contributed by atoms with E-state index in [1.807, 2.05) is 0 Å². The third-order valence-corrected chi connectivity index (χ3v) is 3.29. The van der Waals surface area contributed by atoms with Gasteiger partial charge in [-0.3, -0.25) is 0 Å². The van der Waals surface area contributed by atoms with Crippen LogP contribution < -0.4 is 11.1 Å². The van der Waals surface area contributed by atoms with E-state index >= 15 is 0 Å². The second kappa shape index (κ2) is 6.67. The Morgan fingerprint density at radius 2 is 2.33 bits per heavy atom. The predicted molar refractivity (Wildman–Crippen MR) is 62.1 cm³/mol. The van der Waals surface area contributed by atoms with Crippen LogP contribution >= 0.6 is 0 Å². The second-order valence-corrected chi connectivity index (χ2v) is 4.44. The van der Waals surface area contributed by atoms with Crippen LogP contribution in [0.2, 0.25) is 0 Å². The molecule has 1 aliphatic carbocycles. The highest BCUT2D eigenvalue weighted by molar-refractivity contribution is 5.80. The predicted octanol–water partition coefficient (Wildman–Crippen LogP) is 1.68. The van der Waals surface area contributed by atoms with Crippen LogP contribution in [-0.2, 0) is 0 Å². The van der Waals surface area contributed by atoms with Gasteiger partial charge in [0.1, 0.15) is 5.84 Å². The van der Waals surface area contributed by atoms with Gasteiger partial charge in [-0.15, -0.1) is 0 Å². The molecule has 4 N–H and O–H groups in total. The van der Waals surface area contributed by atoms with Crippen molar-refractivity contribution in [3.63, 3.8) is 0 Å². The van der Waals surface area contributed by atoms with Gasteiger partial charge in [-0.2, -0.15) is 0 Å². The summed E-state index contributed by atoms with van der Waals surface area (Å²) in [4.78, 5) is 0. The summed E-state index contributed by atoms with van der Waals surface area (Å²) in [7, 11) is 0. The fraction of sp³-hybridized carbons (Fsp3) is 0.909. The first-order valence-electron chi connectivity index (χ1n) is 5.96. The SMILES string of the molecule is CCC(CC(N)=NO)NCCC1CCC1. The first kappa shape index (κ1) is 12.3. The number of oxime groups is 1. The standard InChI is InChI=1S/C11H23N3O/c1-2-10(8-11(12)14-15)13-7-6-9-4-3-5-9/h9-10,13,15H,2-8H2,1H3,(H2,12,14). The molecule has 1 unspecified atom stereocenters. The maximum atomic E-state index is 8.48. The number of nitrogens with one attached hydrogen (secondary N) is 1.